The van der Waals surface area contributed by atoms with Gasteiger partial charge in [0.25, 0.3) is 0 Å². The van der Waals surface area contributed by atoms with Gasteiger partial charge in [-0.3, -0.25) is 4.79 Å². The first kappa shape index (κ1) is 25.6. The van der Waals surface area contributed by atoms with Crippen LogP contribution in [0, 0.1) is 0 Å². The fraction of sp³-hybridized carbons (Fsp3) is 0.241. The number of hydrogen-bond acceptors (Lipinski definition) is 8. The topological polar surface area (TPSA) is 93.4 Å². The molecule has 8 nitrogen and oxygen atoms in total. The quantitative estimate of drug-likeness (QED) is 0.271. The van der Waals surface area contributed by atoms with Gasteiger partial charge in [0.05, 0.1) is 38.4 Å². The molecule has 0 radical (unpaired) electrons. The van der Waals surface area contributed by atoms with Gasteiger partial charge in [-0.15, -0.1) is 0 Å². The van der Waals surface area contributed by atoms with E-state index < -0.39 is 0 Å². The van der Waals surface area contributed by atoms with E-state index in [9.17, 15) is 9.59 Å². The van der Waals surface area contributed by atoms with E-state index in [4.69, 9.17) is 28.1 Å². The number of esters is 1. The highest BCUT2D eigenvalue weighted by Gasteiger charge is 2.17. The molecule has 192 valence electrons. The first-order valence-corrected chi connectivity index (χ1v) is 11.6. The predicted octanol–water partition coefficient (Wildman–Crippen LogP) is 5.63. The van der Waals surface area contributed by atoms with Crippen molar-refractivity contribution in [3.63, 3.8) is 0 Å². The van der Waals surface area contributed by atoms with Crippen LogP contribution < -0.4 is 24.4 Å². The van der Waals surface area contributed by atoms with E-state index in [-0.39, 0.29) is 24.1 Å². The van der Waals surface area contributed by atoms with Crippen LogP contribution in [0.25, 0.3) is 22.3 Å². The Labute approximate surface area is 214 Å². The maximum Gasteiger partial charge on any atom is 0.338 e. The number of ether oxygens (including phenoxy) is 5. The first-order chi connectivity index (χ1) is 17.8. The van der Waals surface area contributed by atoms with Gasteiger partial charge in [-0.25, -0.2) is 4.79 Å². The molecule has 0 unspecified atom stereocenters. The zero-order chi connectivity index (χ0) is 26.5. The molecule has 0 saturated heterocycles. The highest BCUT2D eigenvalue weighted by atomic mass is 16.5. The maximum atomic E-state index is 13.0. The van der Waals surface area contributed by atoms with Crippen molar-refractivity contribution >= 4 is 16.9 Å². The van der Waals surface area contributed by atoms with Crippen LogP contribution in [0.5, 0.6) is 23.0 Å². The standard InChI is InChI=1S/C29H28O8/c1-17(2)36-29(31)19-8-6-18(7-9-19)16-35-21-10-11-24-22(14-21)23(30)15-25(37-24)20-12-26(32-3)28(34-5)27(13-20)33-4/h6-15,17H,16H2,1-5H3. The fourth-order valence-corrected chi connectivity index (χ4v) is 3.78. The van der Waals surface area contributed by atoms with E-state index in [0.29, 0.717) is 50.9 Å². The molecular formula is C29H28O8. The predicted molar refractivity (Wildman–Crippen MR) is 139 cm³/mol. The number of benzene rings is 3. The SMILES string of the molecule is COc1cc(-c2cc(=O)c3cc(OCc4ccc(C(=O)OC(C)C)cc4)ccc3o2)cc(OC)c1OC. The molecule has 0 N–H and O–H groups in total. The molecule has 8 heteroatoms. The molecule has 0 saturated carbocycles. The summed E-state index contributed by atoms with van der Waals surface area (Å²) >= 11 is 0. The van der Waals surface area contributed by atoms with Gasteiger partial charge < -0.3 is 28.1 Å². The summed E-state index contributed by atoms with van der Waals surface area (Å²) in [7, 11) is 4.57. The largest absolute Gasteiger partial charge is 0.493 e. The number of carbonyl (C=O) groups excluding carboxylic acids is 1. The Kier molecular flexibility index (Phi) is 7.67. The number of hydrogen-bond donors (Lipinski definition) is 0. The Hall–Kier alpha value is -4.46. The van der Waals surface area contributed by atoms with Gasteiger partial charge >= 0.3 is 5.97 Å². The van der Waals surface area contributed by atoms with E-state index in [2.05, 4.69) is 0 Å². The molecule has 1 heterocycles. The zero-order valence-electron chi connectivity index (χ0n) is 21.3. The Bertz CT molecular complexity index is 1440. The monoisotopic (exact) mass is 504 g/mol. The maximum absolute atomic E-state index is 13.0. The van der Waals surface area contributed by atoms with Crippen LogP contribution in [0.1, 0.15) is 29.8 Å². The van der Waals surface area contributed by atoms with Gasteiger partial charge in [-0.05, 0) is 61.9 Å². The zero-order valence-corrected chi connectivity index (χ0v) is 21.3. The molecule has 37 heavy (non-hydrogen) atoms. The summed E-state index contributed by atoms with van der Waals surface area (Å²) in [6, 6.07) is 16.9. The Morgan fingerprint density at radius 2 is 1.54 bits per heavy atom. The van der Waals surface area contributed by atoms with Gasteiger partial charge in [-0.2, -0.15) is 0 Å². The van der Waals surface area contributed by atoms with Crippen molar-refractivity contribution in [1.29, 1.82) is 0 Å². The Morgan fingerprint density at radius 3 is 2.14 bits per heavy atom. The highest BCUT2D eigenvalue weighted by Crippen LogP contribution is 2.41. The lowest BCUT2D eigenvalue weighted by Crippen LogP contribution is -2.11. The van der Waals surface area contributed by atoms with E-state index >= 15 is 0 Å². The van der Waals surface area contributed by atoms with E-state index in [0.717, 1.165) is 5.56 Å². The molecule has 0 spiro atoms. The summed E-state index contributed by atoms with van der Waals surface area (Å²) in [5, 5.41) is 0.389. The van der Waals surface area contributed by atoms with Crippen molar-refractivity contribution in [2.24, 2.45) is 0 Å². The fourth-order valence-electron chi connectivity index (χ4n) is 3.78. The molecule has 1 aromatic heterocycles. The number of carbonyl (C=O) groups is 1. The second kappa shape index (κ2) is 11.1. The summed E-state index contributed by atoms with van der Waals surface area (Å²) < 4.78 is 33.3. The van der Waals surface area contributed by atoms with Gasteiger partial charge in [0, 0.05) is 11.6 Å². The summed E-state index contributed by atoms with van der Waals surface area (Å²) in [5.41, 5.74) is 2.14. The van der Waals surface area contributed by atoms with Crippen LogP contribution in [-0.2, 0) is 11.3 Å². The first-order valence-electron chi connectivity index (χ1n) is 11.6. The minimum atomic E-state index is -0.366. The van der Waals surface area contributed by atoms with Crippen LogP contribution >= 0.6 is 0 Å². The third-order valence-electron chi connectivity index (χ3n) is 5.59. The van der Waals surface area contributed by atoms with Crippen LogP contribution in [0.4, 0.5) is 0 Å². The molecule has 0 aliphatic carbocycles. The van der Waals surface area contributed by atoms with E-state index in [1.54, 1.807) is 68.4 Å². The molecule has 0 aliphatic rings. The molecule has 0 fully saturated rings. The van der Waals surface area contributed by atoms with Crippen molar-refractivity contribution < 1.29 is 32.9 Å². The normalized spacial score (nSPS) is 10.9. The van der Waals surface area contributed by atoms with Gasteiger partial charge in [0.1, 0.15) is 23.7 Å². The number of fused-ring (bicyclic) bond motifs is 1. The minimum Gasteiger partial charge on any atom is -0.493 e. The van der Waals surface area contributed by atoms with Gasteiger partial charge in [0.2, 0.25) is 5.75 Å². The van der Waals surface area contributed by atoms with Crippen LogP contribution in [-0.4, -0.2) is 33.4 Å². The molecule has 0 bridgehead atoms. The minimum absolute atomic E-state index is 0.181. The van der Waals surface area contributed by atoms with E-state index in [1.165, 1.54) is 27.4 Å². The second-order valence-corrected chi connectivity index (χ2v) is 8.49. The lowest BCUT2D eigenvalue weighted by molar-refractivity contribution is 0.0378. The Morgan fingerprint density at radius 1 is 0.865 bits per heavy atom. The smallest absolute Gasteiger partial charge is 0.338 e. The van der Waals surface area contributed by atoms with Crippen LogP contribution in [0.2, 0.25) is 0 Å². The molecular weight excluding hydrogens is 476 g/mol. The molecule has 0 atom stereocenters. The van der Waals surface area contributed by atoms with Crippen LogP contribution in [0.3, 0.4) is 0 Å². The van der Waals surface area contributed by atoms with Crippen molar-refractivity contribution in [3.8, 4) is 34.3 Å². The van der Waals surface area contributed by atoms with Gasteiger partial charge in [-0.1, -0.05) is 12.1 Å². The average Bonchev–Trinajstić information content (AvgIpc) is 2.90. The number of methoxy groups -OCH3 is 3. The second-order valence-electron chi connectivity index (χ2n) is 8.49. The lowest BCUT2D eigenvalue weighted by atomic mass is 10.1. The van der Waals surface area contributed by atoms with Crippen molar-refractivity contribution in [1.82, 2.24) is 0 Å². The van der Waals surface area contributed by atoms with E-state index in [1.807, 2.05) is 0 Å². The molecule has 4 rings (SSSR count). The van der Waals surface area contributed by atoms with Crippen LogP contribution in [0.15, 0.2) is 69.9 Å². The van der Waals surface area contributed by atoms with Crippen molar-refractivity contribution in [2.75, 3.05) is 21.3 Å². The molecule has 4 aromatic rings. The lowest BCUT2D eigenvalue weighted by Gasteiger charge is -2.14. The van der Waals surface area contributed by atoms with Crippen molar-refractivity contribution in [2.45, 2.75) is 26.6 Å². The molecule has 0 aliphatic heterocycles. The Balaban J connectivity index is 1.55. The molecule has 3 aromatic carbocycles. The third kappa shape index (κ3) is 5.69. The summed E-state index contributed by atoms with van der Waals surface area (Å²) in [6.45, 7) is 3.87. The van der Waals surface area contributed by atoms with Crippen molar-refractivity contribution in [3.05, 3.63) is 82.0 Å². The number of rotatable bonds is 9. The summed E-state index contributed by atoms with van der Waals surface area (Å²) in [5.74, 6) is 1.87. The summed E-state index contributed by atoms with van der Waals surface area (Å²) in [4.78, 5) is 25.0. The average molecular weight is 505 g/mol. The third-order valence-corrected chi connectivity index (χ3v) is 5.59. The summed E-state index contributed by atoms with van der Waals surface area (Å²) in [6.07, 6.45) is -0.181. The molecule has 0 amide bonds. The van der Waals surface area contributed by atoms with Gasteiger partial charge in [0.15, 0.2) is 16.9 Å². The highest BCUT2D eigenvalue weighted by molar-refractivity contribution is 5.89.